The molecule has 0 radical (unpaired) electrons. The van der Waals surface area contributed by atoms with E-state index < -0.39 is 6.61 Å². The van der Waals surface area contributed by atoms with Gasteiger partial charge in [0, 0.05) is 24.4 Å². The Morgan fingerprint density at radius 2 is 1.81 bits per heavy atom. The highest BCUT2D eigenvalue weighted by atomic mass is 19.3. The molecule has 0 fully saturated rings. The van der Waals surface area contributed by atoms with E-state index in [0.29, 0.717) is 0 Å². The van der Waals surface area contributed by atoms with Crippen LogP contribution >= 0.6 is 0 Å². The lowest BCUT2D eigenvalue weighted by Crippen LogP contribution is -2.22. The Balaban J connectivity index is 2.25. The van der Waals surface area contributed by atoms with E-state index in [1.54, 1.807) is 24.5 Å². The van der Waals surface area contributed by atoms with Gasteiger partial charge in [-0.3, -0.25) is 4.98 Å². The number of likely N-dealkylation sites (N-methyl/N-ethyl adjacent to an activating group) is 1. The van der Waals surface area contributed by atoms with Gasteiger partial charge < -0.3 is 10.1 Å². The molecular weight excluding hydrogens is 274 g/mol. The summed E-state index contributed by atoms with van der Waals surface area (Å²) in [4.78, 5) is 4.01. The molecule has 2 aromatic rings. The van der Waals surface area contributed by atoms with Gasteiger partial charge in [0.15, 0.2) is 0 Å². The molecule has 1 heterocycles. The third-order valence-electron chi connectivity index (χ3n) is 3.49. The zero-order chi connectivity index (χ0) is 15.2. The first-order valence-electron chi connectivity index (χ1n) is 6.73. The number of aromatic nitrogens is 1. The first kappa shape index (κ1) is 15.4. The molecule has 0 bridgehead atoms. The van der Waals surface area contributed by atoms with Crippen LogP contribution in [0.4, 0.5) is 8.78 Å². The molecule has 1 aromatic carbocycles. The molecule has 0 aliphatic carbocycles. The van der Waals surface area contributed by atoms with Gasteiger partial charge in [-0.25, -0.2) is 0 Å². The molecule has 0 spiro atoms. The number of hydrogen-bond donors (Lipinski definition) is 1. The van der Waals surface area contributed by atoms with Crippen molar-refractivity contribution in [2.75, 3.05) is 7.05 Å². The first-order valence-corrected chi connectivity index (χ1v) is 6.73. The Labute approximate surface area is 123 Å². The van der Waals surface area contributed by atoms with E-state index in [2.05, 4.69) is 22.0 Å². The summed E-state index contributed by atoms with van der Waals surface area (Å²) in [7, 11) is 1.85. The lowest BCUT2D eigenvalue weighted by molar-refractivity contribution is -0.0499. The number of pyridine rings is 1. The number of benzene rings is 1. The van der Waals surface area contributed by atoms with Gasteiger partial charge in [-0.2, -0.15) is 8.78 Å². The van der Waals surface area contributed by atoms with Crippen molar-refractivity contribution >= 4 is 0 Å². The van der Waals surface area contributed by atoms with Crippen LogP contribution in [0.1, 0.15) is 30.0 Å². The molecule has 21 heavy (non-hydrogen) atoms. The van der Waals surface area contributed by atoms with Crippen LogP contribution in [0.25, 0.3) is 0 Å². The van der Waals surface area contributed by atoms with Crippen LogP contribution in [0.3, 0.4) is 0 Å². The highest BCUT2D eigenvalue weighted by Gasteiger charge is 2.20. The monoisotopic (exact) mass is 292 g/mol. The van der Waals surface area contributed by atoms with Crippen LogP contribution in [0.15, 0.2) is 48.8 Å². The predicted molar refractivity (Wildman–Crippen MR) is 77.5 cm³/mol. The second-order valence-corrected chi connectivity index (χ2v) is 4.79. The Morgan fingerprint density at radius 1 is 1.10 bits per heavy atom. The summed E-state index contributed by atoms with van der Waals surface area (Å²) in [5.74, 6) is 0.337. The number of nitrogens with zero attached hydrogens (tertiary/aromatic N) is 1. The van der Waals surface area contributed by atoms with Gasteiger partial charge in [0.2, 0.25) is 0 Å². The van der Waals surface area contributed by atoms with E-state index in [-0.39, 0.29) is 17.7 Å². The van der Waals surface area contributed by atoms with E-state index in [1.807, 2.05) is 25.2 Å². The van der Waals surface area contributed by atoms with Gasteiger partial charge in [-0.1, -0.05) is 19.1 Å². The number of ether oxygens (including phenoxy) is 1. The SMILES string of the molecule is CNC(c1cccc(OC(F)F)c1)C(C)c1ccncc1. The standard InChI is InChI=1S/C16H18F2N2O/c1-11(12-6-8-20-9-7-12)15(19-2)13-4-3-5-14(10-13)21-16(17)18/h3-11,15-16,19H,1-2H3. The molecule has 0 aliphatic rings. The zero-order valence-electron chi connectivity index (χ0n) is 12.0. The van der Waals surface area contributed by atoms with Crippen molar-refractivity contribution in [2.45, 2.75) is 25.5 Å². The average Bonchev–Trinajstić information content (AvgIpc) is 2.48. The summed E-state index contributed by atoms with van der Waals surface area (Å²) < 4.78 is 29.1. The van der Waals surface area contributed by atoms with Crippen molar-refractivity contribution in [2.24, 2.45) is 0 Å². The fourth-order valence-corrected chi connectivity index (χ4v) is 2.45. The van der Waals surface area contributed by atoms with E-state index in [0.717, 1.165) is 11.1 Å². The third-order valence-corrected chi connectivity index (χ3v) is 3.49. The summed E-state index contributed by atoms with van der Waals surface area (Å²) >= 11 is 0. The van der Waals surface area contributed by atoms with Gasteiger partial charge in [0.05, 0.1) is 0 Å². The number of rotatable bonds is 6. The summed E-state index contributed by atoms with van der Waals surface area (Å²) in [5.41, 5.74) is 2.03. The van der Waals surface area contributed by atoms with E-state index in [4.69, 9.17) is 0 Å². The quantitative estimate of drug-likeness (QED) is 0.880. The topological polar surface area (TPSA) is 34.1 Å². The summed E-state index contributed by atoms with van der Waals surface area (Å²) in [6.45, 7) is -0.733. The van der Waals surface area contributed by atoms with Crippen molar-refractivity contribution < 1.29 is 13.5 Å². The van der Waals surface area contributed by atoms with Crippen LogP contribution in [-0.4, -0.2) is 18.6 Å². The summed E-state index contributed by atoms with van der Waals surface area (Å²) in [6, 6.07) is 10.7. The Hall–Kier alpha value is -2.01. The molecular formula is C16H18F2N2O. The Bertz CT molecular complexity index is 563. The van der Waals surface area contributed by atoms with Crippen molar-refractivity contribution in [1.29, 1.82) is 0 Å². The predicted octanol–water partition coefficient (Wildman–Crippen LogP) is 3.75. The minimum Gasteiger partial charge on any atom is -0.435 e. The first-order chi connectivity index (χ1) is 10.1. The maximum atomic E-state index is 12.3. The number of hydrogen-bond acceptors (Lipinski definition) is 3. The van der Waals surface area contributed by atoms with Crippen molar-refractivity contribution in [3.8, 4) is 5.75 Å². The average molecular weight is 292 g/mol. The van der Waals surface area contributed by atoms with Gasteiger partial charge in [-0.15, -0.1) is 0 Å². The molecule has 0 saturated heterocycles. The smallest absolute Gasteiger partial charge is 0.387 e. The minimum atomic E-state index is -2.81. The van der Waals surface area contributed by atoms with Gasteiger partial charge in [0.25, 0.3) is 0 Å². The Morgan fingerprint density at radius 3 is 2.43 bits per heavy atom. The van der Waals surface area contributed by atoms with Crippen LogP contribution < -0.4 is 10.1 Å². The maximum Gasteiger partial charge on any atom is 0.387 e. The number of alkyl halides is 2. The lowest BCUT2D eigenvalue weighted by Gasteiger charge is -2.24. The van der Waals surface area contributed by atoms with Crippen molar-refractivity contribution in [1.82, 2.24) is 10.3 Å². The van der Waals surface area contributed by atoms with E-state index >= 15 is 0 Å². The molecule has 0 amide bonds. The van der Waals surface area contributed by atoms with Gasteiger partial charge in [-0.05, 0) is 42.4 Å². The minimum absolute atomic E-state index is 0.00591. The van der Waals surface area contributed by atoms with Crippen molar-refractivity contribution in [3.63, 3.8) is 0 Å². The van der Waals surface area contributed by atoms with E-state index in [1.165, 1.54) is 6.07 Å². The van der Waals surface area contributed by atoms with Crippen LogP contribution in [0, 0.1) is 0 Å². The van der Waals surface area contributed by atoms with Gasteiger partial charge in [0.1, 0.15) is 5.75 Å². The zero-order valence-corrected chi connectivity index (χ0v) is 12.0. The molecule has 1 N–H and O–H groups in total. The van der Waals surface area contributed by atoms with Crippen LogP contribution in [0.2, 0.25) is 0 Å². The molecule has 2 atom stereocenters. The molecule has 1 aromatic heterocycles. The highest BCUT2D eigenvalue weighted by Crippen LogP contribution is 2.31. The Kier molecular flexibility index (Phi) is 5.22. The fraction of sp³-hybridized carbons (Fsp3) is 0.312. The van der Waals surface area contributed by atoms with Crippen LogP contribution in [0.5, 0.6) is 5.75 Å². The molecule has 0 aliphatic heterocycles. The van der Waals surface area contributed by atoms with Gasteiger partial charge >= 0.3 is 6.61 Å². The molecule has 0 saturated carbocycles. The number of halogens is 2. The second kappa shape index (κ2) is 7.13. The molecule has 112 valence electrons. The summed E-state index contributed by atoms with van der Waals surface area (Å²) in [6.07, 6.45) is 3.49. The highest BCUT2D eigenvalue weighted by molar-refractivity contribution is 5.33. The summed E-state index contributed by atoms with van der Waals surface area (Å²) in [5, 5.41) is 3.23. The third kappa shape index (κ3) is 3.98. The normalized spacial score (nSPS) is 14.0. The van der Waals surface area contributed by atoms with E-state index in [9.17, 15) is 8.78 Å². The molecule has 5 heteroatoms. The lowest BCUT2D eigenvalue weighted by atomic mass is 9.89. The number of nitrogens with one attached hydrogen (secondary N) is 1. The fourth-order valence-electron chi connectivity index (χ4n) is 2.45. The molecule has 2 rings (SSSR count). The second-order valence-electron chi connectivity index (χ2n) is 4.79. The largest absolute Gasteiger partial charge is 0.435 e. The maximum absolute atomic E-state index is 12.3. The van der Waals surface area contributed by atoms with Crippen LogP contribution in [-0.2, 0) is 0 Å². The van der Waals surface area contributed by atoms with Crippen molar-refractivity contribution in [3.05, 3.63) is 59.9 Å². The molecule has 2 unspecified atom stereocenters. The molecule has 3 nitrogen and oxygen atoms in total.